The Hall–Kier alpha value is -2.44. The van der Waals surface area contributed by atoms with Gasteiger partial charge in [-0.2, -0.15) is 4.31 Å². The molecule has 1 aliphatic rings. The third-order valence-electron chi connectivity index (χ3n) is 4.74. The van der Waals surface area contributed by atoms with Gasteiger partial charge in [-0.25, -0.2) is 8.42 Å². The summed E-state index contributed by atoms with van der Waals surface area (Å²) >= 11 is 0. The van der Waals surface area contributed by atoms with Gasteiger partial charge in [0, 0.05) is 12.5 Å². The fourth-order valence-electron chi connectivity index (χ4n) is 3.27. The Morgan fingerprint density at radius 1 is 1.15 bits per heavy atom. The first-order valence-electron chi connectivity index (χ1n) is 9.02. The van der Waals surface area contributed by atoms with Gasteiger partial charge in [-0.15, -0.1) is 0 Å². The van der Waals surface area contributed by atoms with Crippen molar-refractivity contribution in [3.05, 3.63) is 76.7 Å². The van der Waals surface area contributed by atoms with Crippen LogP contribution >= 0.6 is 0 Å². The van der Waals surface area contributed by atoms with E-state index >= 15 is 0 Å². The molecule has 0 radical (unpaired) electrons. The lowest BCUT2D eigenvalue weighted by Crippen LogP contribution is -2.40. The van der Waals surface area contributed by atoms with Crippen molar-refractivity contribution in [2.45, 2.75) is 25.3 Å². The summed E-state index contributed by atoms with van der Waals surface area (Å²) in [5.74, 6) is -0.295. The van der Waals surface area contributed by atoms with Gasteiger partial charge >= 0.3 is 0 Å². The molecule has 5 nitrogen and oxygen atoms in total. The van der Waals surface area contributed by atoms with Crippen molar-refractivity contribution in [2.24, 2.45) is 0 Å². The number of carbonyl (C=O) groups excluding carboxylic acids is 1. The highest BCUT2D eigenvalue weighted by atomic mass is 32.2. The first-order chi connectivity index (χ1) is 13.0. The Morgan fingerprint density at radius 2 is 1.85 bits per heavy atom. The number of nitrogens with zero attached hydrogens (tertiary/aromatic N) is 1. The van der Waals surface area contributed by atoms with Crippen LogP contribution in [0.3, 0.4) is 0 Å². The largest absolute Gasteiger partial charge is 0.348 e. The minimum atomic E-state index is -3.66. The molecular weight excluding hydrogens is 360 g/mol. The Labute approximate surface area is 160 Å². The molecule has 6 heteroatoms. The minimum Gasteiger partial charge on any atom is -0.348 e. The van der Waals surface area contributed by atoms with Gasteiger partial charge in [0.15, 0.2) is 0 Å². The number of sulfonamides is 1. The van der Waals surface area contributed by atoms with Crippen molar-refractivity contribution in [1.82, 2.24) is 9.62 Å². The van der Waals surface area contributed by atoms with Gasteiger partial charge in [-0.1, -0.05) is 54.6 Å². The maximum Gasteiger partial charge on any atom is 0.236 e. The van der Waals surface area contributed by atoms with Crippen LogP contribution in [-0.2, 0) is 21.2 Å². The lowest BCUT2D eigenvalue weighted by molar-refractivity contribution is -0.122. The minimum absolute atomic E-state index is 0.0570. The Balaban J connectivity index is 1.61. The number of carbonyl (C=O) groups is 1. The topological polar surface area (TPSA) is 66.5 Å². The maximum atomic E-state index is 12.4. The van der Waals surface area contributed by atoms with Crippen LogP contribution in [0.2, 0.25) is 0 Å². The molecule has 1 atom stereocenters. The number of rotatable bonds is 6. The third kappa shape index (κ3) is 5.05. The predicted molar refractivity (Wildman–Crippen MR) is 107 cm³/mol. The molecule has 0 heterocycles. The molecule has 0 spiro atoms. The van der Waals surface area contributed by atoms with Crippen molar-refractivity contribution in [2.75, 3.05) is 13.6 Å². The monoisotopic (exact) mass is 384 g/mol. The highest BCUT2D eigenvalue weighted by Crippen LogP contribution is 2.29. The molecule has 1 N–H and O–H groups in total. The van der Waals surface area contributed by atoms with E-state index in [9.17, 15) is 13.2 Å². The van der Waals surface area contributed by atoms with Crippen LogP contribution in [0.4, 0.5) is 0 Å². The molecular formula is C21H24N2O3S. The molecule has 0 saturated heterocycles. The second kappa shape index (κ2) is 8.50. The van der Waals surface area contributed by atoms with Gasteiger partial charge in [-0.3, -0.25) is 4.79 Å². The zero-order chi connectivity index (χ0) is 19.3. The molecule has 142 valence electrons. The lowest BCUT2D eigenvalue weighted by Gasteiger charge is -2.27. The number of benzene rings is 2. The van der Waals surface area contributed by atoms with Gasteiger partial charge < -0.3 is 5.32 Å². The third-order valence-corrected chi connectivity index (χ3v) is 6.22. The number of hydrogen-bond acceptors (Lipinski definition) is 3. The molecule has 0 aliphatic heterocycles. The van der Waals surface area contributed by atoms with Gasteiger partial charge in [0.1, 0.15) is 0 Å². The van der Waals surface area contributed by atoms with Crippen LogP contribution in [0.5, 0.6) is 0 Å². The molecule has 0 fully saturated rings. The van der Waals surface area contributed by atoms with Crippen LogP contribution in [-0.4, -0.2) is 32.2 Å². The molecule has 0 bridgehead atoms. The molecule has 2 aromatic rings. The fourth-order valence-corrected chi connectivity index (χ4v) is 4.10. The molecule has 1 aliphatic carbocycles. The lowest BCUT2D eigenvalue weighted by atomic mass is 9.88. The van der Waals surface area contributed by atoms with E-state index in [4.69, 9.17) is 0 Å². The van der Waals surface area contributed by atoms with Crippen LogP contribution < -0.4 is 5.32 Å². The van der Waals surface area contributed by atoms with Crippen molar-refractivity contribution < 1.29 is 13.2 Å². The smallest absolute Gasteiger partial charge is 0.236 e. The molecule has 2 aromatic carbocycles. The quantitative estimate of drug-likeness (QED) is 0.832. The summed E-state index contributed by atoms with van der Waals surface area (Å²) in [6.07, 6.45) is 4.42. The van der Waals surface area contributed by atoms with E-state index in [1.807, 2.05) is 48.5 Å². The maximum absolute atomic E-state index is 12.4. The van der Waals surface area contributed by atoms with Crippen molar-refractivity contribution in [3.8, 4) is 0 Å². The number of aryl methyl sites for hydroxylation is 1. The second-order valence-electron chi connectivity index (χ2n) is 6.73. The fraction of sp³-hybridized carbons (Fsp3) is 0.286. The van der Waals surface area contributed by atoms with Crippen molar-refractivity contribution in [1.29, 1.82) is 0 Å². The number of likely N-dealkylation sites (N-methyl/N-ethyl adjacent to an activating group) is 1. The summed E-state index contributed by atoms with van der Waals surface area (Å²) in [5, 5.41) is 4.11. The number of hydrogen-bond donors (Lipinski definition) is 1. The van der Waals surface area contributed by atoms with Crippen LogP contribution in [0.15, 0.2) is 60.0 Å². The van der Waals surface area contributed by atoms with E-state index in [-0.39, 0.29) is 18.5 Å². The van der Waals surface area contributed by atoms with E-state index < -0.39 is 10.0 Å². The standard InChI is InChI=1S/C21H24N2O3S/c1-23(27(25,26)15-14-17-8-3-2-4-9-17)16-21(24)22-20-13-7-11-18-10-5-6-12-19(18)20/h2-6,8-10,12,14-15,20H,7,11,13,16H2,1H3,(H,22,24)/b15-14+/t20-/m1/s1. The summed E-state index contributed by atoms with van der Waals surface area (Å²) in [6, 6.07) is 17.2. The molecule has 0 saturated carbocycles. The van der Waals surface area contributed by atoms with E-state index in [1.54, 1.807) is 0 Å². The first-order valence-corrected chi connectivity index (χ1v) is 10.5. The molecule has 3 rings (SSSR count). The van der Waals surface area contributed by atoms with E-state index in [0.717, 1.165) is 40.1 Å². The summed E-state index contributed by atoms with van der Waals surface area (Å²) in [5.41, 5.74) is 3.17. The van der Waals surface area contributed by atoms with Crippen LogP contribution in [0.1, 0.15) is 35.6 Å². The van der Waals surface area contributed by atoms with E-state index in [0.29, 0.717) is 0 Å². The Bertz CT molecular complexity index is 923. The predicted octanol–water partition coefficient (Wildman–Crippen LogP) is 3.11. The highest BCUT2D eigenvalue weighted by molar-refractivity contribution is 7.92. The van der Waals surface area contributed by atoms with Gasteiger partial charge in [0.05, 0.1) is 12.6 Å². The highest BCUT2D eigenvalue weighted by Gasteiger charge is 2.23. The van der Waals surface area contributed by atoms with Gasteiger partial charge in [0.2, 0.25) is 15.9 Å². The zero-order valence-corrected chi connectivity index (χ0v) is 16.2. The molecule has 1 amide bonds. The Kier molecular flexibility index (Phi) is 6.08. The Morgan fingerprint density at radius 3 is 2.63 bits per heavy atom. The first kappa shape index (κ1) is 19.3. The second-order valence-corrected chi connectivity index (χ2v) is 8.65. The molecule has 27 heavy (non-hydrogen) atoms. The summed E-state index contributed by atoms with van der Waals surface area (Å²) in [6.45, 7) is -0.208. The van der Waals surface area contributed by atoms with Gasteiger partial charge in [-0.05, 0) is 42.0 Å². The number of fused-ring (bicyclic) bond motifs is 1. The van der Waals surface area contributed by atoms with Gasteiger partial charge in [0.25, 0.3) is 0 Å². The van der Waals surface area contributed by atoms with Crippen LogP contribution in [0.25, 0.3) is 6.08 Å². The van der Waals surface area contributed by atoms with E-state index in [1.165, 1.54) is 18.7 Å². The summed E-state index contributed by atoms with van der Waals surface area (Å²) in [7, 11) is -2.25. The SMILES string of the molecule is CN(CC(=O)N[C@@H]1CCCc2ccccc21)S(=O)(=O)/C=C/c1ccccc1. The summed E-state index contributed by atoms with van der Waals surface area (Å²) < 4.78 is 25.8. The zero-order valence-electron chi connectivity index (χ0n) is 15.3. The average molecular weight is 385 g/mol. The van der Waals surface area contributed by atoms with Crippen molar-refractivity contribution in [3.63, 3.8) is 0 Å². The number of amides is 1. The van der Waals surface area contributed by atoms with Crippen LogP contribution in [0, 0.1) is 0 Å². The normalized spacial score (nSPS) is 17.0. The van der Waals surface area contributed by atoms with Crippen molar-refractivity contribution >= 4 is 22.0 Å². The average Bonchev–Trinajstić information content (AvgIpc) is 2.67. The number of nitrogens with one attached hydrogen (secondary N) is 1. The molecule has 0 aromatic heterocycles. The van der Waals surface area contributed by atoms with E-state index in [2.05, 4.69) is 11.4 Å². The summed E-state index contributed by atoms with van der Waals surface area (Å²) in [4.78, 5) is 12.4. The molecule has 0 unspecified atom stereocenters.